The van der Waals surface area contributed by atoms with Crippen molar-refractivity contribution in [1.82, 2.24) is 4.98 Å². The van der Waals surface area contributed by atoms with Crippen molar-refractivity contribution >= 4 is 15.7 Å². The van der Waals surface area contributed by atoms with Crippen LogP contribution >= 0.6 is 0 Å². The van der Waals surface area contributed by atoms with Gasteiger partial charge in [0.15, 0.2) is 9.84 Å². The molecule has 0 saturated heterocycles. The molecule has 17 heavy (non-hydrogen) atoms. The maximum absolute atomic E-state index is 11.6. The second-order valence-corrected chi connectivity index (χ2v) is 6.81. The second-order valence-electron chi connectivity index (χ2n) is 4.83. The molecule has 4 nitrogen and oxygen atoms in total. The summed E-state index contributed by atoms with van der Waals surface area (Å²) in [5, 5.41) is 3.18. The van der Waals surface area contributed by atoms with Gasteiger partial charge in [-0.3, -0.25) is 0 Å². The molecule has 1 aromatic rings. The fourth-order valence-corrected chi connectivity index (χ4v) is 2.73. The number of pyridine rings is 1. The number of sulfone groups is 1. The standard InChI is InChI=1S/C12H18N2O2S/c1-3-12(6-7-12)9-14-11-10(17(2,15)16)5-4-8-13-11/h4-5,8H,3,6-7,9H2,1-2H3,(H,13,14). The minimum Gasteiger partial charge on any atom is -0.368 e. The zero-order chi connectivity index (χ0) is 12.5. The highest BCUT2D eigenvalue weighted by molar-refractivity contribution is 7.90. The van der Waals surface area contributed by atoms with E-state index in [-0.39, 0.29) is 4.90 Å². The monoisotopic (exact) mass is 254 g/mol. The van der Waals surface area contributed by atoms with Crippen LogP contribution in [-0.4, -0.2) is 26.2 Å². The molecule has 0 atom stereocenters. The summed E-state index contributed by atoms with van der Waals surface area (Å²) in [5.41, 5.74) is 0.367. The van der Waals surface area contributed by atoms with E-state index in [1.165, 1.54) is 19.1 Å². The summed E-state index contributed by atoms with van der Waals surface area (Å²) in [6.07, 6.45) is 6.39. The zero-order valence-corrected chi connectivity index (χ0v) is 11.0. The third-order valence-corrected chi connectivity index (χ3v) is 4.64. The molecule has 0 bridgehead atoms. The predicted octanol–water partition coefficient (Wildman–Crippen LogP) is 2.09. The maximum atomic E-state index is 11.6. The van der Waals surface area contributed by atoms with Gasteiger partial charge in [0.05, 0.1) is 0 Å². The first-order chi connectivity index (χ1) is 7.97. The van der Waals surface area contributed by atoms with Crippen molar-refractivity contribution in [3.8, 4) is 0 Å². The van der Waals surface area contributed by atoms with E-state index in [0.717, 1.165) is 13.0 Å². The third kappa shape index (κ3) is 2.77. The van der Waals surface area contributed by atoms with E-state index in [1.807, 2.05) is 0 Å². The molecule has 1 aliphatic carbocycles. The quantitative estimate of drug-likeness (QED) is 0.874. The Bertz CT molecular complexity index is 507. The smallest absolute Gasteiger partial charge is 0.179 e. The van der Waals surface area contributed by atoms with E-state index < -0.39 is 9.84 Å². The first-order valence-corrected chi connectivity index (χ1v) is 7.75. The molecule has 94 valence electrons. The molecule has 1 heterocycles. The molecular weight excluding hydrogens is 236 g/mol. The molecule has 0 unspecified atom stereocenters. The van der Waals surface area contributed by atoms with E-state index >= 15 is 0 Å². The number of anilines is 1. The van der Waals surface area contributed by atoms with Gasteiger partial charge in [-0.1, -0.05) is 6.92 Å². The summed E-state index contributed by atoms with van der Waals surface area (Å²) in [6.45, 7) is 2.98. The average Bonchev–Trinajstić information content (AvgIpc) is 3.06. The minimum atomic E-state index is -3.21. The van der Waals surface area contributed by atoms with Crippen LogP contribution in [0.1, 0.15) is 26.2 Å². The highest BCUT2D eigenvalue weighted by Gasteiger charge is 2.40. The summed E-state index contributed by atoms with van der Waals surface area (Å²) in [7, 11) is -3.21. The van der Waals surface area contributed by atoms with Gasteiger partial charge in [0.1, 0.15) is 10.7 Å². The fraction of sp³-hybridized carbons (Fsp3) is 0.583. The van der Waals surface area contributed by atoms with Crippen LogP contribution in [-0.2, 0) is 9.84 Å². The Morgan fingerprint density at radius 1 is 1.47 bits per heavy atom. The van der Waals surface area contributed by atoms with Gasteiger partial charge >= 0.3 is 0 Å². The molecule has 1 aliphatic rings. The Hall–Kier alpha value is -1.10. The average molecular weight is 254 g/mol. The van der Waals surface area contributed by atoms with Gasteiger partial charge in [0.2, 0.25) is 0 Å². The van der Waals surface area contributed by atoms with E-state index in [1.54, 1.807) is 18.3 Å². The van der Waals surface area contributed by atoms with Crippen LogP contribution in [0.5, 0.6) is 0 Å². The van der Waals surface area contributed by atoms with Crippen LogP contribution in [0, 0.1) is 5.41 Å². The highest BCUT2D eigenvalue weighted by Crippen LogP contribution is 2.48. The van der Waals surface area contributed by atoms with Gasteiger partial charge in [-0.2, -0.15) is 0 Å². The SMILES string of the molecule is CCC1(CNc2ncccc2S(C)(=O)=O)CC1. The van der Waals surface area contributed by atoms with Crippen LogP contribution in [0.4, 0.5) is 5.82 Å². The van der Waals surface area contributed by atoms with Crippen LogP contribution in [0.15, 0.2) is 23.2 Å². The first kappa shape index (κ1) is 12.4. The summed E-state index contributed by atoms with van der Waals surface area (Å²) < 4.78 is 23.2. The summed E-state index contributed by atoms with van der Waals surface area (Å²) in [6, 6.07) is 3.24. The van der Waals surface area contributed by atoms with E-state index in [9.17, 15) is 8.42 Å². The highest BCUT2D eigenvalue weighted by atomic mass is 32.2. The molecular formula is C12H18N2O2S. The summed E-state index contributed by atoms with van der Waals surface area (Å²) in [5.74, 6) is 0.481. The van der Waals surface area contributed by atoms with E-state index in [0.29, 0.717) is 11.2 Å². The van der Waals surface area contributed by atoms with Crippen molar-refractivity contribution in [2.75, 3.05) is 18.1 Å². The van der Waals surface area contributed by atoms with Crippen LogP contribution in [0.3, 0.4) is 0 Å². The molecule has 5 heteroatoms. The lowest BCUT2D eigenvalue weighted by molar-refractivity contribution is 0.520. The van der Waals surface area contributed by atoms with Crippen molar-refractivity contribution < 1.29 is 8.42 Å². The van der Waals surface area contributed by atoms with Crippen molar-refractivity contribution in [2.45, 2.75) is 31.1 Å². The van der Waals surface area contributed by atoms with Crippen molar-refractivity contribution in [1.29, 1.82) is 0 Å². The number of nitrogens with zero attached hydrogens (tertiary/aromatic N) is 1. The van der Waals surface area contributed by atoms with Gasteiger partial charge in [0.25, 0.3) is 0 Å². The Labute approximate surface area is 102 Å². The molecule has 1 aromatic heterocycles. The van der Waals surface area contributed by atoms with Crippen molar-refractivity contribution in [2.24, 2.45) is 5.41 Å². The molecule has 0 aliphatic heterocycles. The van der Waals surface area contributed by atoms with E-state index in [2.05, 4.69) is 17.2 Å². The number of rotatable bonds is 5. The molecule has 0 spiro atoms. The first-order valence-electron chi connectivity index (χ1n) is 5.86. The summed E-state index contributed by atoms with van der Waals surface area (Å²) >= 11 is 0. The van der Waals surface area contributed by atoms with Gasteiger partial charge in [-0.25, -0.2) is 13.4 Å². The Balaban J connectivity index is 2.16. The van der Waals surface area contributed by atoms with Gasteiger partial charge in [0, 0.05) is 19.0 Å². The summed E-state index contributed by atoms with van der Waals surface area (Å²) in [4.78, 5) is 4.40. The molecule has 0 radical (unpaired) electrons. The largest absolute Gasteiger partial charge is 0.368 e. The predicted molar refractivity (Wildman–Crippen MR) is 67.8 cm³/mol. The lowest BCUT2D eigenvalue weighted by Crippen LogP contribution is -2.17. The number of hydrogen-bond donors (Lipinski definition) is 1. The Kier molecular flexibility index (Phi) is 3.12. The van der Waals surface area contributed by atoms with Crippen molar-refractivity contribution in [3.63, 3.8) is 0 Å². The Morgan fingerprint density at radius 2 is 2.18 bits per heavy atom. The molecule has 1 N–H and O–H groups in total. The molecule has 0 aromatic carbocycles. The van der Waals surface area contributed by atoms with Crippen LogP contribution < -0.4 is 5.32 Å². The van der Waals surface area contributed by atoms with Gasteiger partial charge in [-0.15, -0.1) is 0 Å². The second kappa shape index (κ2) is 4.29. The number of aromatic nitrogens is 1. The van der Waals surface area contributed by atoms with Gasteiger partial charge in [-0.05, 0) is 36.8 Å². The molecule has 2 rings (SSSR count). The molecule has 1 fully saturated rings. The lowest BCUT2D eigenvalue weighted by atomic mass is 10.0. The van der Waals surface area contributed by atoms with E-state index in [4.69, 9.17) is 0 Å². The lowest BCUT2D eigenvalue weighted by Gasteiger charge is -2.15. The van der Waals surface area contributed by atoms with Crippen LogP contribution in [0.2, 0.25) is 0 Å². The Morgan fingerprint density at radius 3 is 2.71 bits per heavy atom. The molecule has 0 amide bonds. The fourth-order valence-electron chi connectivity index (χ4n) is 1.93. The molecule has 1 saturated carbocycles. The zero-order valence-electron chi connectivity index (χ0n) is 10.2. The topological polar surface area (TPSA) is 59.1 Å². The van der Waals surface area contributed by atoms with Crippen molar-refractivity contribution in [3.05, 3.63) is 18.3 Å². The normalized spacial score (nSPS) is 17.8. The number of hydrogen-bond acceptors (Lipinski definition) is 4. The number of nitrogens with one attached hydrogen (secondary N) is 1. The minimum absolute atomic E-state index is 0.284. The van der Waals surface area contributed by atoms with Crippen LogP contribution in [0.25, 0.3) is 0 Å². The maximum Gasteiger partial charge on any atom is 0.179 e. The third-order valence-electron chi connectivity index (χ3n) is 3.51. The van der Waals surface area contributed by atoms with Gasteiger partial charge < -0.3 is 5.32 Å².